The van der Waals surface area contributed by atoms with Crippen LogP contribution in [0.15, 0.2) is 59.5 Å². The molecular formula is C21H29N3O3S. The lowest BCUT2D eigenvalue weighted by Gasteiger charge is -2.25. The van der Waals surface area contributed by atoms with Crippen LogP contribution in [-0.2, 0) is 10.0 Å². The molecule has 2 aromatic rings. The molecule has 0 radical (unpaired) electrons. The van der Waals surface area contributed by atoms with Crippen molar-refractivity contribution < 1.29 is 13.2 Å². The highest BCUT2D eigenvalue weighted by molar-refractivity contribution is 7.89. The first-order valence-corrected chi connectivity index (χ1v) is 10.6. The van der Waals surface area contributed by atoms with Gasteiger partial charge in [-0.05, 0) is 64.7 Å². The van der Waals surface area contributed by atoms with Crippen LogP contribution >= 0.6 is 0 Å². The second-order valence-corrected chi connectivity index (χ2v) is 9.66. The van der Waals surface area contributed by atoms with E-state index >= 15 is 0 Å². The van der Waals surface area contributed by atoms with Crippen LogP contribution in [0.3, 0.4) is 0 Å². The second kappa shape index (κ2) is 8.86. The number of rotatable bonds is 7. The van der Waals surface area contributed by atoms with Crippen LogP contribution in [0.2, 0.25) is 0 Å². The molecule has 152 valence electrons. The van der Waals surface area contributed by atoms with E-state index in [1.165, 1.54) is 24.3 Å². The highest BCUT2D eigenvalue weighted by Gasteiger charge is 2.22. The van der Waals surface area contributed by atoms with Gasteiger partial charge in [0.1, 0.15) is 0 Å². The zero-order valence-corrected chi connectivity index (χ0v) is 17.9. The maximum absolute atomic E-state index is 12.5. The van der Waals surface area contributed by atoms with Crippen LogP contribution < -0.4 is 10.0 Å². The molecule has 0 aliphatic carbocycles. The third kappa shape index (κ3) is 6.15. The van der Waals surface area contributed by atoms with Gasteiger partial charge < -0.3 is 10.2 Å². The summed E-state index contributed by atoms with van der Waals surface area (Å²) in [5.41, 5.74) is 0.954. The molecule has 2 rings (SSSR count). The van der Waals surface area contributed by atoms with Gasteiger partial charge in [0, 0.05) is 17.6 Å². The zero-order valence-electron chi connectivity index (χ0n) is 17.1. The first-order valence-electron chi connectivity index (χ1n) is 9.13. The predicted molar refractivity (Wildman–Crippen MR) is 112 cm³/mol. The largest absolute Gasteiger partial charge is 0.350 e. The third-order valence-corrected chi connectivity index (χ3v) is 5.90. The maximum Gasteiger partial charge on any atom is 0.251 e. The van der Waals surface area contributed by atoms with Crippen LogP contribution in [0.5, 0.6) is 0 Å². The summed E-state index contributed by atoms with van der Waals surface area (Å²) in [6, 6.07) is 15.9. The number of sulfonamides is 1. The second-order valence-electron chi connectivity index (χ2n) is 7.98. The molecule has 0 saturated heterocycles. The molecule has 0 aliphatic rings. The van der Waals surface area contributed by atoms with Gasteiger partial charge in [-0.3, -0.25) is 4.79 Å². The molecular weight excluding hydrogens is 374 g/mol. The van der Waals surface area contributed by atoms with Crippen LogP contribution in [0.4, 0.5) is 0 Å². The molecule has 1 unspecified atom stereocenters. The van der Waals surface area contributed by atoms with Gasteiger partial charge >= 0.3 is 0 Å². The molecule has 0 bridgehead atoms. The van der Waals surface area contributed by atoms with E-state index in [0.717, 1.165) is 5.56 Å². The van der Waals surface area contributed by atoms with Gasteiger partial charge in [-0.15, -0.1) is 0 Å². The van der Waals surface area contributed by atoms with Gasteiger partial charge in [-0.25, -0.2) is 13.1 Å². The third-order valence-electron chi connectivity index (χ3n) is 4.13. The number of nitrogens with one attached hydrogen (secondary N) is 2. The minimum atomic E-state index is -3.62. The zero-order chi connectivity index (χ0) is 20.9. The Bertz CT molecular complexity index is 887. The van der Waals surface area contributed by atoms with Crippen molar-refractivity contribution in [1.82, 2.24) is 14.9 Å². The van der Waals surface area contributed by atoms with Gasteiger partial charge in [-0.1, -0.05) is 30.3 Å². The molecule has 2 N–H and O–H groups in total. The van der Waals surface area contributed by atoms with Gasteiger partial charge in [0.05, 0.1) is 10.9 Å². The van der Waals surface area contributed by atoms with Gasteiger partial charge in [0.2, 0.25) is 10.0 Å². The number of benzene rings is 2. The predicted octanol–water partition coefficient (Wildman–Crippen LogP) is 2.80. The normalized spacial score (nSPS) is 13.4. The average molecular weight is 404 g/mol. The highest BCUT2D eigenvalue weighted by atomic mass is 32.2. The molecule has 0 saturated carbocycles. The number of likely N-dealkylation sites (N-methyl/N-ethyl adjacent to an activating group) is 1. The Morgan fingerprint density at radius 1 is 1.00 bits per heavy atom. The molecule has 6 nitrogen and oxygen atoms in total. The minimum absolute atomic E-state index is 0.0424. The quantitative estimate of drug-likeness (QED) is 0.745. The Morgan fingerprint density at radius 2 is 1.57 bits per heavy atom. The average Bonchev–Trinajstić information content (AvgIpc) is 2.60. The van der Waals surface area contributed by atoms with Crippen LogP contribution in [0.1, 0.15) is 42.7 Å². The van der Waals surface area contributed by atoms with Gasteiger partial charge in [-0.2, -0.15) is 0 Å². The number of carbonyl (C=O) groups is 1. The summed E-state index contributed by atoms with van der Waals surface area (Å²) >= 11 is 0. The van der Waals surface area contributed by atoms with Gasteiger partial charge in [0.15, 0.2) is 0 Å². The van der Waals surface area contributed by atoms with E-state index in [2.05, 4.69) is 10.0 Å². The van der Waals surface area contributed by atoms with Crippen LogP contribution in [0.25, 0.3) is 0 Å². The lowest BCUT2D eigenvalue weighted by molar-refractivity contribution is 0.0942. The summed E-state index contributed by atoms with van der Waals surface area (Å²) in [5.74, 6) is -0.240. The Balaban J connectivity index is 2.07. The summed E-state index contributed by atoms with van der Waals surface area (Å²) in [5, 5.41) is 2.93. The first-order chi connectivity index (χ1) is 13.0. The van der Waals surface area contributed by atoms with E-state index < -0.39 is 15.6 Å². The standard InChI is InChI=1S/C21H29N3O3S/c1-21(2,3)23-28(26,27)18-13-11-17(12-14-18)20(25)22-15-19(24(4)5)16-9-7-6-8-10-16/h6-14,19,23H,15H2,1-5H3,(H,22,25). The number of amides is 1. The van der Waals surface area contributed by atoms with E-state index in [4.69, 9.17) is 0 Å². The van der Waals surface area contributed by atoms with Crippen molar-refractivity contribution in [2.75, 3.05) is 20.6 Å². The molecule has 0 fully saturated rings. The van der Waals surface area contributed by atoms with Gasteiger partial charge in [0.25, 0.3) is 5.91 Å². The number of carbonyl (C=O) groups excluding carboxylic acids is 1. The van der Waals surface area contributed by atoms with Crippen LogP contribution in [0, 0.1) is 0 Å². The molecule has 1 atom stereocenters. The smallest absolute Gasteiger partial charge is 0.251 e. The Labute approximate surface area is 168 Å². The molecule has 2 aromatic carbocycles. The van der Waals surface area contributed by atoms with Crippen molar-refractivity contribution in [3.05, 3.63) is 65.7 Å². The van der Waals surface area contributed by atoms with Crippen molar-refractivity contribution in [1.29, 1.82) is 0 Å². The maximum atomic E-state index is 12.5. The van der Waals surface area contributed by atoms with Crippen molar-refractivity contribution in [2.45, 2.75) is 37.2 Å². The van der Waals surface area contributed by atoms with Crippen molar-refractivity contribution in [3.8, 4) is 0 Å². The number of hydrogen-bond acceptors (Lipinski definition) is 4. The van der Waals surface area contributed by atoms with E-state index in [0.29, 0.717) is 12.1 Å². The molecule has 0 heterocycles. The molecule has 28 heavy (non-hydrogen) atoms. The fourth-order valence-electron chi connectivity index (χ4n) is 2.81. The first kappa shape index (κ1) is 22.1. The van der Waals surface area contributed by atoms with E-state index in [1.54, 1.807) is 20.8 Å². The SMILES string of the molecule is CN(C)C(CNC(=O)c1ccc(S(=O)(=O)NC(C)(C)C)cc1)c1ccccc1. The molecule has 1 amide bonds. The summed E-state index contributed by atoms with van der Waals surface area (Å²) in [6.45, 7) is 5.78. The summed E-state index contributed by atoms with van der Waals surface area (Å²) in [4.78, 5) is 14.7. The van der Waals surface area contributed by atoms with Crippen LogP contribution in [-0.4, -0.2) is 45.4 Å². The van der Waals surface area contributed by atoms with Crippen molar-refractivity contribution >= 4 is 15.9 Å². The number of nitrogens with zero attached hydrogens (tertiary/aromatic N) is 1. The monoisotopic (exact) mass is 403 g/mol. The minimum Gasteiger partial charge on any atom is -0.350 e. The highest BCUT2D eigenvalue weighted by Crippen LogP contribution is 2.17. The van der Waals surface area contributed by atoms with E-state index in [1.807, 2.05) is 49.3 Å². The fraction of sp³-hybridized carbons (Fsp3) is 0.381. The molecule has 0 aromatic heterocycles. The van der Waals surface area contributed by atoms with Crippen molar-refractivity contribution in [3.63, 3.8) is 0 Å². The Morgan fingerprint density at radius 3 is 2.07 bits per heavy atom. The molecule has 7 heteroatoms. The summed E-state index contributed by atoms with van der Waals surface area (Å²) < 4.78 is 27.3. The summed E-state index contributed by atoms with van der Waals surface area (Å²) in [7, 11) is 0.306. The lowest BCUT2D eigenvalue weighted by Crippen LogP contribution is -2.40. The summed E-state index contributed by atoms with van der Waals surface area (Å²) in [6.07, 6.45) is 0. The Hall–Kier alpha value is -2.22. The van der Waals surface area contributed by atoms with E-state index in [-0.39, 0.29) is 16.8 Å². The Kier molecular flexibility index (Phi) is 6.98. The van der Waals surface area contributed by atoms with Crippen molar-refractivity contribution in [2.24, 2.45) is 0 Å². The topological polar surface area (TPSA) is 78.5 Å². The van der Waals surface area contributed by atoms with E-state index in [9.17, 15) is 13.2 Å². The number of hydrogen-bond donors (Lipinski definition) is 2. The lowest BCUT2D eigenvalue weighted by atomic mass is 10.1. The fourth-order valence-corrected chi connectivity index (χ4v) is 4.23. The molecule has 0 spiro atoms. The molecule has 0 aliphatic heterocycles.